The summed E-state index contributed by atoms with van der Waals surface area (Å²) >= 11 is 2.00. The van der Waals surface area contributed by atoms with E-state index in [4.69, 9.17) is 4.74 Å². The molecule has 0 saturated carbocycles. The van der Waals surface area contributed by atoms with Crippen molar-refractivity contribution in [2.45, 2.75) is 6.54 Å². The molecule has 1 heterocycles. The molecule has 0 aliphatic heterocycles. The molecule has 0 saturated heterocycles. The summed E-state index contributed by atoms with van der Waals surface area (Å²) in [5, 5.41) is 16.4. The van der Waals surface area contributed by atoms with E-state index in [1.165, 1.54) is 6.07 Å². The fraction of sp³-hybridized carbons (Fsp3) is 0.231. The molecular weight excluding hydrogens is 373 g/mol. The number of nitrogens with zero attached hydrogens (tertiary/aromatic N) is 2. The second-order valence-corrected chi connectivity index (χ2v) is 5.27. The van der Waals surface area contributed by atoms with Gasteiger partial charge < -0.3 is 15.2 Å². The molecular formula is C13H14IN3O3. The maximum Gasteiger partial charge on any atom is 0.255 e. The van der Waals surface area contributed by atoms with Crippen LogP contribution in [0.25, 0.3) is 0 Å². The molecule has 0 fully saturated rings. The summed E-state index contributed by atoms with van der Waals surface area (Å²) in [7, 11) is 1.62. The normalized spacial score (nSPS) is 10.5. The van der Waals surface area contributed by atoms with Crippen LogP contribution in [0.15, 0.2) is 30.6 Å². The first kappa shape index (κ1) is 14.8. The van der Waals surface area contributed by atoms with Crippen molar-refractivity contribution in [3.05, 3.63) is 39.7 Å². The quantitative estimate of drug-likeness (QED) is 0.771. The molecule has 0 spiro atoms. The number of carbonyl (C=O) groups is 1. The van der Waals surface area contributed by atoms with Crippen molar-refractivity contribution in [3.8, 4) is 5.75 Å². The Bertz CT molecular complexity index is 613. The lowest BCUT2D eigenvalue weighted by Crippen LogP contribution is -2.11. The first-order chi connectivity index (χ1) is 9.60. The first-order valence-electron chi connectivity index (χ1n) is 5.91. The van der Waals surface area contributed by atoms with Crippen molar-refractivity contribution in [2.24, 2.45) is 0 Å². The highest BCUT2D eigenvalue weighted by atomic mass is 127. The van der Waals surface area contributed by atoms with Crippen LogP contribution in [0.5, 0.6) is 5.75 Å². The van der Waals surface area contributed by atoms with E-state index < -0.39 is 0 Å². The number of methoxy groups -OCH3 is 1. The van der Waals surface area contributed by atoms with Crippen LogP contribution < -0.4 is 5.32 Å². The Balaban J connectivity index is 2.03. The lowest BCUT2D eigenvalue weighted by molar-refractivity contribution is 0.102. The Kier molecular flexibility index (Phi) is 4.96. The number of hydrogen-bond donors (Lipinski definition) is 2. The van der Waals surface area contributed by atoms with Crippen LogP contribution in [-0.4, -0.2) is 34.5 Å². The average molecular weight is 387 g/mol. The number of ether oxygens (including phenoxy) is 1. The zero-order valence-corrected chi connectivity index (χ0v) is 13.0. The molecule has 0 bridgehead atoms. The fourth-order valence-electron chi connectivity index (χ4n) is 1.59. The molecule has 0 atom stereocenters. The number of aromatic nitrogens is 2. The van der Waals surface area contributed by atoms with Crippen molar-refractivity contribution >= 4 is 34.2 Å². The van der Waals surface area contributed by atoms with Crippen LogP contribution in [0.1, 0.15) is 10.4 Å². The van der Waals surface area contributed by atoms with Gasteiger partial charge in [0.05, 0.1) is 28.6 Å². The van der Waals surface area contributed by atoms with Crippen LogP contribution in [0.4, 0.5) is 5.69 Å². The van der Waals surface area contributed by atoms with Crippen molar-refractivity contribution < 1.29 is 14.6 Å². The Morgan fingerprint density at radius 2 is 2.35 bits per heavy atom. The van der Waals surface area contributed by atoms with Gasteiger partial charge in [-0.15, -0.1) is 0 Å². The van der Waals surface area contributed by atoms with Crippen molar-refractivity contribution in [3.63, 3.8) is 0 Å². The third kappa shape index (κ3) is 3.70. The zero-order valence-electron chi connectivity index (χ0n) is 10.8. The van der Waals surface area contributed by atoms with Gasteiger partial charge in [0, 0.05) is 18.9 Å². The SMILES string of the molecule is COCCn1cc(NC(=O)c2ccc(I)c(O)c2)cn1. The average Bonchev–Trinajstić information content (AvgIpc) is 2.87. The third-order valence-corrected chi connectivity index (χ3v) is 3.54. The molecule has 6 nitrogen and oxygen atoms in total. The van der Waals surface area contributed by atoms with E-state index in [-0.39, 0.29) is 11.7 Å². The van der Waals surface area contributed by atoms with Gasteiger partial charge in [-0.2, -0.15) is 5.10 Å². The maximum atomic E-state index is 12.0. The zero-order chi connectivity index (χ0) is 14.5. The summed E-state index contributed by atoms with van der Waals surface area (Å²) < 4.78 is 7.34. The largest absolute Gasteiger partial charge is 0.507 e. The Morgan fingerprint density at radius 1 is 1.55 bits per heavy atom. The van der Waals surface area contributed by atoms with E-state index in [9.17, 15) is 9.90 Å². The minimum absolute atomic E-state index is 0.0917. The Morgan fingerprint density at radius 3 is 3.05 bits per heavy atom. The van der Waals surface area contributed by atoms with Crippen molar-refractivity contribution in [1.29, 1.82) is 0 Å². The predicted molar refractivity (Wildman–Crippen MR) is 82.9 cm³/mol. The van der Waals surface area contributed by atoms with Gasteiger partial charge in [-0.1, -0.05) is 0 Å². The molecule has 20 heavy (non-hydrogen) atoms. The summed E-state index contributed by atoms with van der Waals surface area (Å²) in [4.78, 5) is 12.0. The van der Waals surface area contributed by atoms with Gasteiger partial charge in [-0.05, 0) is 40.8 Å². The van der Waals surface area contributed by atoms with E-state index >= 15 is 0 Å². The van der Waals surface area contributed by atoms with E-state index in [2.05, 4.69) is 10.4 Å². The highest BCUT2D eigenvalue weighted by Crippen LogP contribution is 2.21. The predicted octanol–water partition coefficient (Wildman–Crippen LogP) is 2.09. The minimum atomic E-state index is -0.289. The summed E-state index contributed by atoms with van der Waals surface area (Å²) in [6.07, 6.45) is 3.30. The summed E-state index contributed by atoms with van der Waals surface area (Å²) in [6, 6.07) is 4.78. The number of benzene rings is 1. The number of nitrogens with one attached hydrogen (secondary N) is 1. The van der Waals surface area contributed by atoms with Gasteiger partial charge >= 0.3 is 0 Å². The third-order valence-electron chi connectivity index (χ3n) is 2.62. The molecule has 1 amide bonds. The number of anilines is 1. The van der Waals surface area contributed by atoms with E-state index in [0.717, 1.165) is 0 Å². The van der Waals surface area contributed by atoms with Gasteiger partial charge in [0.1, 0.15) is 5.75 Å². The molecule has 2 rings (SSSR count). The highest BCUT2D eigenvalue weighted by molar-refractivity contribution is 14.1. The monoisotopic (exact) mass is 387 g/mol. The van der Waals surface area contributed by atoms with Gasteiger partial charge in [-0.25, -0.2) is 0 Å². The van der Waals surface area contributed by atoms with Gasteiger partial charge in [0.2, 0.25) is 0 Å². The van der Waals surface area contributed by atoms with Crippen LogP contribution >= 0.6 is 22.6 Å². The molecule has 7 heteroatoms. The second kappa shape index (κ2) is 6.71. The Hall–Kier alpha value is -1.61. The number of hydrogen-bond acceptors (Lipinski definition) is 4. The molecule has 0 radical (unpaired) electrons. The minimum Gasteiger partial charge on any atom is -0.507 e. The molecule has 1 aromatic carbocycles. The first-order valence-corrected chi connectivity index (χ1v) is 6.99. The van der Waals surface area contributed by atoms with Crippen molar-refractivity contribution in [1.82, 2.24) is 9.78 Å². The molecule has 2 aromatic rings. The number of phenolic OH excluding ortho intramolecular Hbond substituents is 1. The van der Waals surface area contributed by atoms with Gasteiger partial charge in [0.25, 0.3) is 5.91 Å². The van der Waals surface area contributed by atoms with Crippen molar-refractivity contribution in [2.75, 3.05) is 19.0 Å². The number of rotatable bonds is 5. The number of carbonyl (C=O) groups excluding carboxylic acids is 1. The summed E-state index contributed by atoms with van der Waals surface area (Å²) in [5.41, 5.74) is 0.997. The molecule has 0 aliphatic rings. The molecule has 2 N–H and O–H groups in total. The molecule has 106 valence electrons. The Labute approximate surface area is 129 Å². The van der Waals surface area contributed by atoms with E-state index in [1.807, 2.05) is 22.6 Å². The summed E-state index contributed by atoms with van der Waals surface area (Å²) in [5.74, 6) is -0.197. The topological polar surface area (TPSA) is 76.4 Å². The van der Waals surface area contributed by atoms with Crippen LogP contribution in [-0.2, 0) is 11.3 Å². The van der Waals surface area contributed by atoms with E-state index in [0.29, 0.717) is 28.0 Å². The van der Waals surface area contributed by atoms with Gasteiger partial charge in [-0.3, -0.25) is 9.48 Å². The number of amides is 1. The van der Waals surface area contributed by atoms with Crippen LogP contribution in [0.2, 0.25) is 0 Å². The maximum absolute atomic E-state index is 12.0. The lowest BCUT2D eigenvalue weighted by Gasteiger charge is -2.04. The molecule has 0 unspecified atom stereocenters. The van der Waals surface area contributed by atoms with E-state index in [1.54, 1.807) is 36.3 Å². The molecule has 1 aromatic heterocycles. The standard InChI is InChI=1S/C13H14IN3O3/c1-20-5-4-17-8-10(7-15-17)16-13(19)9-2-3-11(14)12(18)6-9/h2-3,6-8,18H,4-5H2,1H3,(H,16,19). The van der Waals surface area contributed by atoms with Gasteiger partial charge in [0.15, 0.2) is 0 Å². The summed E-state index contributed by atoms with van der Waals surface area (Å²) in [6.45, 7) is 1.18. The fourth-order valence-corrected chi connectivity index (χ4v) is 1.93. The highest BCUT2D eigenvalue weighted by Gasteiger charge is 2.09. The lowest BCUT2D eigenvalue weighted by atomic mass is 10.2. The van der Waals surface area contributed by atoms with Crippen LogP contribution in [0, 0.1) is 3.57 Å². The smallest absolute Gasteiger partial charge is 0.255 e. The van der Waals surface area contributed by atoms with Crippen LogP contribution in [0.3, 0.4) is 0 Å². The molecule has 0 aliphatic carbocycles. The second-order valence-electron chi connectivity index (χ2n) is 4.11. The number of aromatic hydroxyl groups is 1. The number of halogens is 1. The number of phenols is 1.